The number of allylic oxidation sites excluding steroid dienone is 12. The highest BCUT2D eigenvalue weighted by atomic mass is 19.1. The van der Waals surface area contributed by atoms with Crippen LogP contribution in [0, 0.1) is 0 Å². The molecule has 0 atom stereocenters. The fourth-order valence-electron chi connectivity index (χ4n) is 2.84. The van der Waals surface area contributed by atoms with E-state index in [2.05, 4.69) is 45.4 Å². The normalized spacial score (nSPS) is 17.5. The molecule has 2 aliphatic rings. The summed E-state index contributed by atoms with van der Waals surface area (Å²) in [5.74, 6) is -0.135. The molecule has 0 radical (unpaired) electrons. The van der Waals surface area contributed by atoms with Gasteiger partial charge in [0.1, 0.15) is 5.83 Å². The van der Waals surface area contributed by atoms with Gasteiger partial charge in [-0.1, -0.05) is 55.5 Å². The quantitative estimate of drug-likeness (QED) is 0.363. The first kappa shape index (κ1) is 19.9. The second kappa shape index (κ2) is 9.87. The Bertz CT molecular complexity index is 648. The summed E-state index contributed by atoms with van der Waals surface area (Å²) in [6.45, 7) is 17.9. The molecule has 0 saturated heterocycles. The van der Waals surface area contributed by atoms with Crippen molar-refractivity contribution in [3.8, 4) is 0 Å². The zero-order chi connectivity index (χ0) is 18.1. The van der Waals surface area contributed by atoms with Gasteiger partial charge in [0.05, 0.1) is 0 Å². The molecule has 0 N–H and O–H groups in total. The summed E-state index contributed by atoms with van der Waals surface area (Å²) in [5.41, 5.74) is 6.33. The van der Waals surface area contributed by atoms with Gasteiger partial charge in [-0.05, 0) is 67.4 Å². The Morgan fingerprint density at radius 3 is 2.21 bits per heavy atom. The predicted molar refractivity (Wildman–Crippen MR) is 105 cm³/mol. The summed E-state index contributed by atoms with van der Waals surface area (Å²) >= 11 is 0. The van der Waals surface area contributed by atoms with Gasteiger partial charge in [0.25, 0.3) is 0 Å². The molecule has 0 spiro atoms. The fourth-order valence-corrected chi connectivity index (χ4v) is 2.84. The maximum atomic E-state index is 14.4. The van der Waals surface area contributed by atoms with Crippen molar-refractivity contribution in [2.75, 3.05) is 0 Å². The van der Waals surface area contributed by atoms with Crippen molar-refractivity contribution < 1.29 is 4.39 Å². The third-order valence-corrected chi connectivity index (χ3v) is 4.29. The van der Waals surface area contributed by atoms with E-state index in [0.29, 0.717) is 0 Å². The van der Waals surface area contributed by atoms with Crippen LogP contribution in [-0.4, -0.2) is 0 Å². The second-order valence-electron chi connectivity index (χ2n) is 6.07. The Hall–Kier alpha value is -2.15. The molecule has 0 fully saturated rings. The van der Waals surface area contributed by atoms with Crippen LogP contribution in [0.2, 0.25) is 0 Å². The Labute approximate surface area is 146 Å². The van der Waals surface area contributed by atoms with Crippen LogP contribution in [0.3, 0.4) is 0 Å². The van der Waals surface area contributed by atoms with Crippen molar-refractivity contribution in [3.05, 3.63) is 96.0 Å². The molecule has 1 heteroatoms. The summed E-state index contributed by atoms with van der Waals surface area (Å²) in [7, 11) is 0. The van der Waals surface area contributed by atoms with Gasteiger partial charge in [0.15, 0.2) is 0 Å². The minimum atomic E-state index is -0.135. The highest BCUT2D eigenvalue weighted by molar-refractivity contribution is 5.50. The first-order valence-electron chi connectivity index (χ1n) is 8.52. The van der Waals surface area contributed by atoms with Crippen LogP contribution in [0.1, 0.15) is 46.0 Å². The molecule has 0 aromatic rings. The summed E-state index contributed by atoms with van der Waals surface area (Å²) < 4.78 is 14.4. The summed E-state index contributed by atoms with van der Waals surface area (Å²) in [6, 6.07) is 0. The molecular weight excluding hydrogens is 295 g/mol. The zero-order valence-electron chi connectivity index (χ0n) is 15.1. The highest BCUT2D eigenvalue weighted by Gasteiger charge is 2.18. The van der Waals surface area contributed by atoms with E-state index in [9.17, 15) is 4.39 Å². The molecule has 0 saturated carbocycles. The molecular formula is C23H29F. The van der Waals surface area contributed by atoms with Crippen LogP contribution in [0.4, 0.5) is 4.39 Å². The van der Waals surface area contributed by atoms with Gasteiger partial charge >= 0.3 is 0 Å². The molecule has 0 amide bonds. The van der Waals surface area contributed by atoms with E-state index >= 15 is 0 Å². The van der Waals surface area contributed by atoms with Gasteiger partial charge < -0.3 is 0 Å². The van der Waals surface area contributed by atoms with Crippen molar-refractivity contribution in [2.24, 2.45) is 0 Å². The van der Waals surface area contributed by atoms with E-state index in [4.69, 9.17) is 0 Å². The van der Waals surface area contributed by atoms with E-state index < -0.39 is 0 Å². The van der Waals surface area contributed by atoms with E-state index in [0.717, 1.165) is 54.4 Å². The Morgan fingerprint density at radius 1 is 1.04 bits per heavy atom. The second-order valence-corrected chi connectivity index (χ2v) is 6.07. The molecule has 0 unspecified atom stereocenters. The molecule has 24 heavy (non-hydrogen) atoms. The lowest BCUT2D eigenvalue weighted by Crippen LogP contribution is -2.03. The van der Waals surface area contributed by atoms with Gasteiger partial charge in [-0.25, -0.2) is 4.39 Å². The molecule has 0 aliphatic heterocycles. The molecule has 0 heterocycles. The van der Waals surface area contributed by atoms with E-state index in [1.54, 1.807) is 6.08 Å². The van der Waals surface area contributed by atoms with Gasteiger partial charge in [0, 0.05) is 0 Å². The molecule has 0 aromatic heterocycles. The topological polar surface area (TPSA) is 0 Å². The fraction of sp³-hybridized carbons (Fsp3) is 0.304. The SMILES string of the molecule is C=C.C=C(C)/C=C\C(=C)C1=C(F)C=C(C2=CC=C(CC)CC2)CC1. The first-order chi connectivity index (χ1) is 11.5. The first-order valence-corrected chi connectivity index (χ1v) is 8.52. The Balaban J connectivity index is 0.00000139. The molecule has 0 aromatic carbocycles. The molecule has 0 bridgehead atoms. The molecule has 2 rings (SSSR count). The number of hydrogen-bond donors (Lipinski definition) is 0. The standard InChI is InChI=1S/C21H25F.C2H4/c1-5-17-8-10-18(11-9-17)19-12-13-20(21(22)14-19)16(4)7-6-15(2)3;1-2/h6-8,10,14H,2,4-5,9,11-13H2,1,3H3;1-2H2/b7-6-;. The third-order valence-electron chi connectivity index (χ3n) is 4.29. The maximum Gasteiger partial charge on any atom is 0.127 e. The van der Waals surface area contributed by atoms with Crippen molar-refractivity contribution in [1.82, 2.24) is 0 Å². The predicted octanol–water partition coefficient (Wildman–Crippen LogP) is 7.48. The van der Waals surface area contributed by atoms with Gasteiger partial charge in [-0.3, -0.25) is 0 Å². The smallest absolute Gasteiger partial charge is 0.127 e. The number of hydrogen-bond acceptors (Lipinski definition) is 0. The lowest BCUT2D eigenvalue weighted by atomic mass is 9.85. The minimum absolute atomic E-state index is 0.135. The average molecular weight is 324 g/mol. The van der Waals surface area contributed by atoms with Crippen molar-refractivity contribution in [3.63, 3.8) is 0 Å². The largest absolute Gasteiger partial charge is 0.207 e. The van der Waals surface area contributed by atoms with Crippen LogP contribution in [-0.2, 0) is 0 Å². The van der Waals surface area contributed by atoms with Crippen molar-refractivity contribution in [2.45, 2.75) is 46.0 Å². The van der Waals surface area contributed by atoms with E-state index in [-0.39, 0.29) is 5.83 Å². The van der Waals surface area contributed by atoms with Crippen molar-refractivity contribution >= 4 is 0 Å². The number of rotatable bonds is 5. The minimum Gasteiger partial charge on any atom is -0.207 e. The Kier molecular flexibility index (Phi) is 8.18. The van der Waals surface area contributed by atoms with E-state index in [1.807, 2.05) is 19.1 Å². The van der Waals surface area contributed by atoms with Crippen molar-refractivity contribution in [1.29, 1.82) is 0 Å². The van der Waals surface area contributed by atoms with Crippen LogP contribution in [0.5, 0.6) is 0 Å². The van der Waals surface area contributed by atoms with Crippen LogP contribution >= 0.6 is 0 Å². The van der Waals surface area contributed by atoms with E-state index in [1.165, 1.54) is 11.1 Å². The lowest BCUT2D eigenvalue weighted by molar-refractivity contribution is 0.634. The Morgan fingerprint density at radius 2 is 1.71 bits per heavy atom. The van der Waals surface area contributed by atoms with Gasteiger partial charge in [-0.2, -0.15) is 0 Å². The average Bonchev–Trinajstić information content (AvgIpc) is 2.61. The zero-order valence-corrected chi connectivity index (χ0v) is 15.1. The van der Waals surface area contributed by atoms with Crippen LogP contribution in [0.25, 0.3) is 0 Å². The molecule has 2 aliphatic carbocycles. The molecule has 0 nitrogen and oxygen atoms in total. The summed E-state index contributed by atoms with van der Waals surface area (Å²) in [6.07, 6.45) is 14.7. The van der Waals surface area contributed by atoms with Gasteiger partial charge in [0.2, 0.25) is 0 Å². The monoisotopic (exact) mass is 324 g/mol. The molecule has 128 valence electrons. The highest BCUT2D eigenvalue weighted by Crippen LogP contribution is 2.36. The third kappa shape index (κ3) is 5.49. The number of halogens is 1. The van der Waals surface area contributed by atoms with Gasteiger partial charge in [-0.15, -0.1) is 13.2 Å². The summed E-state index contributed by atoms with van der Waals surface area (Å²) in [4.78, 5) is 0. The maximum absolute atomic E-state index is 14.4. The van der Waals surface area contributed by atoms with Crippen LogP contribution < -0.4 is 0 Å². The summed E-state index contributed by atoms with van der Waals surface area (Å²) in [5, 5.41) is 0. The lowest BCUT2D eigenvalue weighted by Gasteiger charge is -2.21. The van der Waals surface area contributed by atoms with Crippen LogP contribution in [0.15, 0.2) is 96.0 Å².